The molecule has 2 aliphatic heterocycles. The zero-order chi connectivity index (χ0) is 43.4. The minimum atomic E-state index is -3.36. The fourth-order valence-electron chi connectivity index (χ4n) is 8.28. The Morgan fingerprint density at radius 2 is 1.79 bits per heavy atom. The summed E-state index contributed by atoms with van der Waals surface area (Å²) in [5.41, 5.74) is 3.20. The van der Waals surface area contributed by atoms with Crippen molar-refractivity contribution in [2.45, 2.75) is 63.8 Å². The Kier molecular flexibility index (Phi) is 13.0. The number of carbonyl (C=O) groups excluding carboxylic acids is 3. The van der Waals surface area contributed by atoms with Gasteiger partial charge in [0.15, 0.2) is 18.1 Å². The molecular weight excluding hydrogens is 791 g/mol. The number of aliphatic hydroxyl groups is 1. The van der Waals surface area contributed by atoms with Crippen LogP contribution in [0.15, 0.2) is 48.5 Å². The molecule has 2 fully saturated rings. The van der Waals surface area contributed by atoms with Crippen molar-refractivity contribution in [1.29, 1.82) is 0 Å². The van der Waals surface area contributed by atoms with Crippen molar-refractivity contribution in [3.63, 3.8) is 0 Å². The van der Waals surface area contributed by atoms with Crippen molar-refractivity contribution >= 4 is 45.3 Å². The number of para-hydroxylation sites is 1. The number of hydrogen-bond acceptors (Lipinski definition) is 12. The Labute approximate surface area is 352 Å². The lowest BCUT2D eigenvalue weighted by Gasteiger charge is -2.34. The fraction of sp³-hybridized carbons (Fsp3) is 0.455. The van der Waals surface area contributed by atoms with Crippen molar-refractivity contribution < 1.29 is 42.5 Å². The number of fused-ring (bicyclic) bond motifs is 2. The van der Waals surface area contributed by atoms with Gasteiger partial charge in [-0.15, -0.1) is 0 Å². The molecule has 15 nitrogen and oxygen atoms in total. The quantitative estimate of drug-likeness (QED) is 0.0881. The molecule has 0 spiro atoms. The number of ether oxygens (including phenoxy) is 3. The first-order valence-corrected chi connectivity index (χ1v) is 20.5. The number of halogens is 2. The second kappa shape index (κ2) is 18.4. The third-order valence-electron chi connectivity index (χ3n) is 11.6. The lowest BCUT2D eigenvalue weighted by Crippen LogP contribution is -2.50. The van der Waals surface area contributed by atoms with Crippen molar-refractivity contribution in [2.24, 2.45) is 7.05 Å². The maximum absolute atomic E-state index is 14.3. The number of aryl methyl sites for hydroxylation is 3. The number of anilines is 1. The van der Waals surface area contributed by atoms with Gasteiger partial charge in [0.1, 0.15) is 29.5 Å². The predicted molar refractivity (Wildman–Crippen MR) is 224 cm³/mol. The average molecular weight is 843 g/mol. The lowest BCUT2D eigenvalue weighted by molar-refractivity contribution is -0.135. The molecule has 1 unspecified atom stereocenters. The number of unbranched alkanes of at least 4 members (excludes halogenated alkanes) is 1. The number of nitrogens with one attached hydrogen (secondary N) is 2. The molecule has 0 radical (unpaired) electrons. The van der Waals surface area contributed by atoms with E-state index in [0.717, 1.165) is 43.4 Å². The number of benzene rings is 3. The van der Waals surface area contributed by atoms with Crippen molar-refractivity contribution in [3.05, 3.63) is 76.7 Å². The van der Waals surface area contributed by atoms with Gasteiger partial charge in [-0.3, -0.25) is 29.3 Å². The number of hydrogen-bond donors (Lipinski definition) is 3. The third-order valence-corrected chi connectivity index (χ3v) is 11.6. The summed E-state index contributed by atoms with van der Waals surface area (Å²) in [4.78, 5) is 51.3. The van der Waals surface area contributed by atoms with Crippen LogP contribution in [0, 0.1) is 6.92 Å². The van der Waals surface area contributed by atoms with Crippen LogP contribution in [0.1, 0.15) is 72.8 Å². The van der Waals surface area contributed by atoms with Gasteiger partial charge in [-0.25, -0.2) is 9.97 Å². The van der Waals surface area contributed by atoms with E-state index in [2.05, 4.69) is 20.6 Å². The summed E-state index contributed by atoms with van der Waals surface area (Å²) in [6.07, 6.45) is 2.99. The van der Waals surface area contributed by atoms with E-state index in [1.807, 2.05) is 30.0 Å². The number of alkyl halides is 2. The van der Waals surface area contributed by atoms with Crippen molar-refractivity contribution in [3.8, 4) is 17.2 Å². The topological polar surface area (TPSA) is 173 Å². The van der Waals surface area contributed by atoms with E-state index >= 15 is 0 Å². The van der Waals surface area contributed by atoms with Crippen molar-refractivity contribution in [1.82, 2.24) is 34.9 Å². The Morgan fingerprint density at radius 3 is 2.51 bits per heavy atom. The minimum absolute atomic E-state index is 0.112. The summed E-state index contributed by atoms with van der Waals surface area (Å²) >= 11 is 0. The van der Waals surface area contributed by atoms with Crippen LogP contribution in [0.4, 0.5) is 14.6 Å². The number of aromatic nitrogens is 4. The number of imide groups is 1. The van der Waals surface area contributed by atoms with Crippen molar-refractivity contribution in [2.75, 3.05) is 65.5 Å². The summed E-state index contributed by atoms with van der Waals surface area (Å²) in [7, 11) is 4.94. The van der Waals surface area contributed by atoms with E-state index in [1.165, 1.54) is 12.1 Å². The number of rotatable bonds is 16. The van der Waals surface area contributed by atoms with Crippen LogP contribution in [0.25, 0.3) is 21.8 Å². The van der Waals surface area contributed by atoms with Gasteiger partial charge in [-0.05, 0) is 69.8 Å². The first-order valence-electron chi connectivity index (χ1n) is 20.5. The van der Waals surface area contributed by atoms with Gasteiger partial charge in [0, 0.05) is 67.6 Å². The average Bonchev–Trinajstić information content (AvgIpc) is 3.60. The molecule has 3 aromatic carbocycles. The molecule has 2 saturated heterocycles. The molecule has 61 heavy (non-hydrogen) atoms. The first-order chi connectivity index (χ1) is 29.3. The maximum atomic E-state index is 14.3. The molecule has 7 rings (SSSR count). The van der Waals surface area contributed by atoms with Crippen LogP contribution in [0.3, 0.4) is 0 Å². The Bertz CT molecular complexity index is 2430. The molecule has 2 atom stereocenters. The van der Waals surface area contributed by atoms with E-state index in [1.54, 1.807) is 51.1 Å². The molecule has 2 aromatic heterocycles. The van der Waals surface area contributed by atoms with Crippen LogP contribution in [-0.4, -0.2) is 113 Å². The monoisotopic (exact) mass is 842 g/mol. The highest BCUT2D eigenvalue weighted by molar-refractivity contribution is 6.03. The van der Waals surface area contributed by atoms with Crippen LogP contribution in [0.2, 0.25) is 0 Å². The van der Waals surface area contributed by atoms with Gasteiger partial charge in [-0.1, -0.05) is 30.3 Å². The SMILES string of the molecule is COc1cc2c(N[C@H](C)c3cccc(C(F)(F)CO)c3)nc(C)nc2c(CCCCN2CCN(C(=O)COc3cccc4c(C5CCC(=O)NC5=O)nn(C)c34)CC2)c1OC. The second-order valence-electron chi connectivity index (χ2n) is 15.6. The Morgan fingerprint density at radius 1 is 1.02 bits per heavy atom. The van der Waals surface area contributed by atoms with E-state index in [-0.39, 0.29) is 36.3 Å². The van der Waals surface area contributed by atoms with E-state index in [0.29, 0.717) is 82.5 Å². The number of carbonyl (C=O) groups is 3. The molecule has 0 aliphatic carbocycles. The highest BCUT2D eigenvalue weighted by Gasteiger charge is 2.33. The number of piperazine rings is 1. The van der Waals surface area contributed by atoms with Gasteiger partial charge in [0.2, 0.25) is 11.8 Å². The van der Waals surface area contributed by atoms with Gasteiger partial charge in [0.05, 0.1) is 31.3 Å². The van der Waals surface area contributed by atoms with E-state index in [4.69, 9.17) is 24.2 Å². The summed E-state index contributed by atoms with van der Waals surface area (Å²) in [5.74, 6) is -1.98. The zero-order valence-electron chi connectivity index (χ0n) is 35.1. The summed E-state index contributed by atoms with van der Waals surface area (Å²) in [6.45, 7) is 5.69. The van der Waals surface area contributed by atoms with Gasteiger partial charge in [0.25, 0.3) is 11.8 Å². The molecule has 2 aliphatic rings. The molecule has 324 valence electrons. The zero-order valence-corrected chi connectivity index (χ0v) is 35.1. The lowest BCUT2D eigenvalue weighted by atomic mass is 9.93. The molecular formula is C44H52F2N8O7. The molecule has 3 N–H and O–H groups in total. The fourth-order valence-corrected chi connectivity index (χ4v) is 8.28. The Hall–Kier alpha value is -5.94. The first kappa shape index (κ1) is 43.2. The maximum Gasteiger partial charge on any atom is 0.295 e. The van der Waals surface area contributed by atoms with Gasteiger partial charge in [-0.2, -0.15) is 13.9 Å². The molecule has 4 heterocycles. The van der Waals surface area contributed by atoms with Gasteiger partial charge < -0.3 is 29.5 Å². The summed E-state index contributed by atoms with van der Waals surface area (Å²) in [6, 6.07) is 12.9. The number of nitrogens with zero attached hydrogens (tertiary/aromatic N) is 6. The molecule has 5 aromatic rings. The smallest absolute Gasteiger partial charge is 0.295 e. The number of methoxy groups -OCH3 is 2. The second-order valence-corrected chi connectivity index (χ2v) is 15.6. The minimum Gasteiger partial charge on any atom is -0.493 e. The van der Waals surface area contributed by atoms with Crippen LogP contribution in [0.5, 0.6) is 17.2 Å². The summed E-state index contributed by atoms with van der Waals surface area (Å²) < 4.78 is 48.0. The van der Waals surface area contributed by atoms with Gasteiger partial charge >= 0.3 is 0 Å². The number of piperidine rings is 1. The molecule has 17 heteroatoms. The van der Waals surface area contributed by atoms with Crippen LogP contribution in [-0.2, 0) is 33.8 Å². The number of aliphatic hydroxyl groups excluding tert-OH is 1. The van der Waals surface area contributed by atoms with E-state index in [9.17, 15) is 28.3 Å². The summed E-state index contributed by atoms with van der Waals surface area (Å²) in [5, 5.41) is 21.1. The standard InChI is InChI=1S/C44H52F2N8O7/c1-26(28-10-8-11-29(22-28)44(45,46)25-55)47-42-33-23-35(59-4)41(60-5)31(38(33)48-27(2)49-42)12-6-7-17-53-18-20-54(21-19-53)37(57)24-61-34-14-9-13-30-39(51-52(3)40(30)34)32-15-16-36(56)50-43(32)58/h8-11,13-14,22-23,26,32,55H,6-7,12,15-21,24-25H2,1-5H3,(H,47,48,49)(H,50,56,58)/t26-,32?/m1/s1. The molecule has 3 amide bonds. The highest BCUT2D eigenvalue weighted by Crippen LogP contribution is 2.41. The molecule has 0 saturated carbocycles. The Balaban J connectivity index is 0.949. The third kappa shape index (κ3) is 9.22. The number of amides is 3. The normalized spacial score (nSPS) is 16.8. The van der Waals surface area contributed by atoms with E-state index < -0.39 is 24.5 Å². The van der Waals surface area contributed by atoms with Crippen LogP contribution < -0.4 is 24.8 Å². The molecule has 0 bridgehead atoms. The highest BCUT2D eigenvalue weighted by atomic mass is 19.3. The van der Waals surface area contributed by atoms with Crippen LogP contribution >= 0.6 is 0 Å². The largest absolute Gasteiger partial charge is 0.493 e. The predicted octanol–water partition coefficient (Wildman–Crippen LogP) is 5.17.